The highest BCUT2D eigenvalue weighted by atomic mass is 16.6. The SMILES string of the molecule is Cn1nc2ccccc2c1COC(=O)N1CCNCC1. The van der Waals surface area contributed by atoms with Gasteiger partial charge in [0.05, 0.1) is 11.2 Å². The fourth-order valence-corrected chi connectivity index (χ4v) is 2.44. The van der Waals surface area contributed by atoms with Crippen LogP contribution in [0.1, 0.15) is 5.69 Å². The molecule has 0 radical (unpaired) electrons. The van der Waals surface area contributed by atoms with Gasteiger partial charge in [-0.3, -0.25) is 4.68 Å². The van der Waals surface area contributed by atoms with Gasteiger partial charge in [0, 0.05) is 38.6 Å². The maximum Gasteiger partial charge on any atom is 0.410 e. The smallest absolute Gasteiger partial charge is 0.410 e. The second-order valence-corrected chi connectivity index (χ2v) is 4.88. The van der Waals surface area contributed by atoms with Crippen molar-refractivity contribution in [3.05, 3.63) is 30.0 Å². The Hall–Kier alpha value is -2.08. The number of aryl methyl sites for hydroxylation is 1. The first-order chi connectivity index (χ1) is 9.75. The van der Waals surface area contributed by atoms with Gasteiger partial charge < -0.3 is 15.0 Å². The number of hydrogen-bond donors (Lipinski definition) is 1. The van der Waals surface area contributed by atoms with Gasteiger partial charge >= 0.3 is 6.09 Å². The Labute approximate surface area is 117 Å². The Morgan fingerprint density at radius 3 is 2.90 bits per heavy atom. The van der Waals surface area contributed by atoms with Gasteiger partial charge in [-0.2, -0.15) is 5.10 Å². The Balaban J connectivity index is 1.70. The van der Waals surface area contributed by atoms with Crippen LogP contribution in [0.15, 0.2) is 24.3 Å². The van der Waals surface area contributed by atoms with Crippen LogP contribution in [-0.4, -0.2) is 47.0 Å². The Morgan fingerprint density at radius 2 is 2.10 bits per heavy atom. The molecule has 1 amide bonds. The lowest BCUT2D eigenvalue weighted by atomic mass is 10.2. The summed E-state index contributed by atoms with van der Waals surface area (Å²) >= 11 is 0. The minimum atomic E-state index is -0.253. The predicted octanol–water partition coefficient (Wildman–Crippen LogP) is 1.12. The summed E-state index contributed by atoms with van der Waals surface area (Å²) < 4.78 is 7.19. The summed E-state index contributed by atoms with van der Waals surface area (Å²) in [6.07, 6.45) is -0.253. The van der Waals surface area contributed by atoms with Crippen LogP contribution in [0.3, 0.4) is 0 Å². The average molecular weight is 274 g/mol. The van der Waals surface area contributed by atoms with E-state index < -0.39 is 0 Å². The molecule has 0 atom stereocenters. The van der Waals surface area contributed by atoms with Crippen LogP contribution >= 0.6 is 0 Å². The van der Waals surface area contributed by atoms with E-state index >= 15 is 0 Å². The molecule has 20 heavy (non-hydrogen) atoms. The zero-order valence-corrected chi connectivity index (χ0v) is 11.5. The lowest BCUT2D eigenvalue weighted by Crippen LogP contribution is -2.46. The van der Waals surface area contributed by atoms with Crippen molar-refractivity contribution in [2.45, 2.75) is 6.61 Å². The molecule has 6 nitrogen and oxygen atoms in total. The van der Waals surface area contributed by atoms with E-state index in [1.54, 1.807) is 9.58 Å². The summed E-state index contributed by atoms with van der Waals surface area (Å²) in [6, 6.07) is 7.87. The number of ether oxygens (including phenoxy) is 1. The zero-order chi connectivity index (χ0) is 13.9. The van der Waals surface area contributed by atoms with Crippen LogP contribution in [0.4, 0.5) is 4.79 Å². The van der Waals surface area contributed by atoms with E-state index in [1.807, 2.05) is 31.3 Å². The monoisotopic (exact) mass is 274 g/mol. The molecule has 1 aromatic carbocycles. The normalized spacial score (nSPS) is 15.6. The summed E-state index contributed by atoms with van der Waals surface area (Å²) in [5.74, 6) is 0. The molecule has 1 aliphatic rings. The summed E-state index contributed by atoms with van der Waals surface area (Å²) in [5, 5.41) is 8.64. The number of aromatic nitrogens is 2. The summed E-state index contributed by atoms with van der Waals surface area (Å²) in [6.45, 7) is 3.29. The Kier molecular flexibility index (Phi) is 3.56. The molecule has 2 heterocycles. The number of benzene rings is 1. The van der Waals surface area contributed by atoms with Crippen LogP contribution in [0.2, 0.25) is 0 Å². The third-order valence-electron chi connectivity index (χ3n) is 3.57. The number of fused-ring (bicyclic) bond motifs is 1. The van der Waals surface area contributed by atoms with Crippen molar-refractivity contribution in [3.63, 3.8) is 0 Å². The van der Waals surface area contributed by atoms with Gasteiger partial charge in [0.2, 0.25) is 0 Å². The second-order valence-electron chi connectivity index (χ2n) is 4.88. The highest BCUT2D eigenvalue weighted by Gasteiger charge is 2.18. The summed E-state index contributed by atoms with van der Waals surface area (Å²) in [4.78, 5) is 13.7. The fourth-order valence-electron chi connectivity index (χ4n) is 2.44. The highest BCUT2D eigenvalue weighted by Crippen LogP contribution is 2.18. The molecule has 1 fully saturated rings. The third kappa shape index (κ3) is 2.46. The maximum absolute atomic E-state index is 12.0. The van der Waals surface area contributed by atoms with E-state index in [0.717, 1.165) is 29.7 Å². The molecule has 1 aromatic heterocycles. The van der Waals surface area contributed by atoms with Crippen LogP contribution in [0, 0.1) is 0 Å². The molecular weight excluding hydrogens is 256 g/mol. The minimum Gasteiger partial charge on any atom is -0.443 e. The van der Waals surface area contributed by atoms with Crippen LogP contribution in [-0.2, 0) is 18.4 Å². The van der Waals surface area contributed by atoms with Crippen molar-refractivity contribution in [1.29, 1.82) is 0 Å². The number of hydrogen-bond acceptors (Lipinski definition) is 4. The molecule has 0 saturated carbocycles. The van der Waals surface area contributed by atoms with E-state index in [2.05, 4.69) is 10.4 Å². The zero-order valence-electron chi connectivity index (χ0n) is 11.5. The predicted molar refractivity (Wildman–Crippen MR) is 75.3 cm³/mol. The number of nitrogens with one attached hydrogen (secondary N) is 1. The van der Waals surface area contributed by atoms with Crippen molar-refractivity contribution in [3.8, 4) is 0 Å². The van der Waals surface area contributed by atoms with Gasteiger partial charge in [0.1, 0.15) is 6.61 Å². The fraction of sp³-hybridized carbons (Fsp3) is 0.429. The van der Waals surface area contributed by atoms with E-state index in [0.29, 0.717) is 13.1 Å². The number of carbonyl (C=O) groups is 1. The maximum atomic E-state index is 12.0. The number of amides is 1. The molecule has 2 aromatic rings. The van der Waals surface area contributed by atoms with Crippen molar-refractivity contribution in [1.82, 2.24) is 20.0 Å². The summed E-state index contributed by atoms with van der Waals surface area (Å²) in [7, 11) is 1.87. The minimum absolute atomic E-state index is 0.250. The van der Waals surface area contributed by atoms with E-state index in [1.165, 1.54) is 0 Å². The lowest BCUT2D eigenvalue weighted by Gasteiger charge is -2.26. The number of piperazine rings is 1. The van der Waals surface area contributed by atoms with Crippen molar-refractivity contribution in [2.75, 3.05) is 26.2 Å². The average Bonchev–Trinajstić information content (AvgIpc) is 2.81. The number of rotatable bonds is 2. The Morgan fingerprint density at radius 1 is 1.35 bits per heavy atom. The second kappa shape index (κ2) is 5.50. The topological polar surface area (TPSA) is 59.4 Å². The van der Waals surface area contributed by atoms with Crippen molar-refractivity contribution < 1.29 is 9.53 Å². The molecule has 6 heteroatoms. The van der Waals surface area contributed by atoms with Gasteiger partial charge in [-0.15, -0.1) is 0 Å². The molecule has 1 saturated heterocycles. The molecule has 3 rings (SSSR count). The molecule has 0 bridgehead atoms. The standard InChI is InChI=1S/C14H18N4O2/c1-17-13(11-4-2-3-5-12(11)16-17)10-20-14(19)18-8-6-15-7-9-18/h2-5,15H,6-10H2,1H3. The van der Waals surface area contributed by atoms with Crippen LogP contribution in [0.25, 0.3) is 10.9 Å². The van der Waals surface area contributed by atoms with Gasteiger partial charge in [0.25, 0.3) is 0 Å². The van der Waals surface area contributed by atoms with Gasteiger partial charge in [-0.1, -0.05) is 18.2 Å². The molecule has 0 aliphatic carbocycles. The quantitative estimate of drug-likeness (QED) is 0.891. The van der Waals surface area contributed by atoms with Crippen molar-refractivity contribution in [2.24, 2.45) is 7.05 Å². The van der Waals surface area contributed by atoms with Gasteiger partial charge in [-0.25, -0.2) is 4.79 Å². The summed E-state index contributed by atoms with van der Waals surface area (Å²) in [5.41, 5.74) is 1.84. The van der Waals surface area contributed by atoms with E-state index in [4.69, 9.17) is 4.74 Å². The van der Waals surface area contributed by atoms with Crippen LogP contribution in [0.5, 0.6) is 0 Å². The van der Waals surface area contributed by atoms with Crippen molar-refractivity contribution >= 4 is 17.0 Å². The number of carbonyl (C=O) groups excluding carboxylic acids is 1. The van der Waals surface area contributed by atoms with Crippen LogP contribution < -0.4 is 5.32 Å². The van der Waals surface area contributed by atoms with E-state index in [9.17, 15) is 4.79 Å². The molecule has 106 valence electrons. The van der Waals surface area contributed by atoms with Gasteiger partial charge in [-0.05, 0) is 6.07 Å². The molecular formula is C14H18N4O2. The van der Waals surface area contributed by atoms with E-state index in [-0.39, 0.29) is 12.7 Å². The first kappa shape index (κ1) is 12.9. The molecule has 1 N–H and O–H groups in total. The first-order valence-electron chi connectivity index (χ1n) is 6.79. The van der Waals surface area contributed by atoms with Gasteiger partial charge in [0.15, 0.2) is 0 Å². The highest BCUT2D eigenvalue weighted by molar-refractivity contribution is 5.81. The molecule has 1 aliphatic heterocycles. The lowest BCUT2D eigenvalue weighted by molar-refractivity contribution is 0.0902. The Bertz CT molecular complexity index is 617. The third-order valence-corrected chi connectivity index (χ3v) is 3.57. The first-order valence-corrected chi connectivity index (χ1v) is 6.79. The number of nitrogens with zero attached hydrogens (tertiary/aromatic N) is 3. The molecule has 0 spiro atoms. The largest absolute Gasteiger partial charge is 0.443 e. The molecule has 0 unspecified atom stereocenters.